The molecule has 1 aromatic carbocycles. The van der Waals surface area contributed by atoms with Crippen molar-refractivity contribution in [1.82, 2.24) is 14.6 Å². The van der Waals surface area contributed by atoms with E-state index < -0.39 is 80.8 Å². The van der Waals surface area contributed by atoms with E-state index in [1.54, 1.807) is 41.5 Å². The van der Waals surface area contributed by atoms with Gasteiger partial charge in [0.15, 0.2) is 17.5 Å². The molecule has 1 aliphatic carbocycles. The number of hydrogen-bond acceptors (Lipinski definition) is 7. The van der Waals surface area contributed by atoms with E-state index in [4.69, 9.17) is 9.47 Å². The zero-order chi connectivity index (χ0) is 29.0. The van der Waals surface area contributed by atoms with Crippen molar-refractivity contribution >= 4 is 28.8 Å². The van der Waals surface area contributed by atoms with Crippen LogP contribution in [0.2, 0.25) is 0 Å². The van der Waals surface area contributed by atoms with Crippen LogP contribution < -0.4 is 26.9 Å². The summed E-state index contributed by atoms with van der Waals surface area (Å²) in [6.07, 6.45) is -0.741. The van der Waals surface area contributed by atoms with Gasteiger partial charge < -0.3 is 19.7 Å². The minimum Gasteiger partial charge on any atom is -0.444 e. The lowest BCUT2D eigenvalue weighted by molar-refractivity contribution is 0.0507. The summed E-state index contributed by atoms with van der Waals surface area (Å²) in [6, 6.07) is -1.13. The molecule has 2 aliphatic rings. The molecular weight excluding hydrogens is 523 g/mol. The summed E-state index contributed by atoms with van der Waals surface area (Å²) >= 11 is 0. The number of ether oxygens (including phenoxy) is 2. The van der Waals surface area contributed by atoms with Gasteiger partial charge in [-0.2, -0.15) is 4.68 Å². The summed E-state index contributed by atoms with van der Waals surface area (Å²) in [6.45, 7) is 9.71. The summed E-state index contributed by atoms with van der Waals surface area (Å²) in [5.74, 6) is -4.57. The second-order valence-corrected chi connectivity index (χ2v) is 11.7. The Balaban J connectivity index is 1.77. The third-order valence-electron chi connectivity index (χ3n) is 6.07. The SMILES string of the molecule is CC(C)(C)OC(=O)N[C@H]1CCN(c2c(F)c(F)c3c(=O)n(NC(=O)OC(C)(C)C)c(=O)n(C4CC4)c3c2F)C1. The van der Waals surface area contributed by atoms with Crippen LogP contribution in [0.3, 0.4) is 0 Å². The van der Waals surface area contributed by atoms with Crippen molar-refractivity contribution in [3.05, 3.63) is 38.3 Å². The van der Waals surface area contributed by atoms with E-state index in [-0.39, 0.29) is 24.2 Å². The number of nitrogens with one attached hydrogen (secondary N) is 2. The highest BCUT2D eigenvalue weighted by molar-refractivity contribution is 5.85. The molecule has 2 amide bonds. The van der Waals surface area contributed by atoms with E-state index in [2.05, 4.69) is 5.32 Å². The Morgan fingerprint density at radius 1 is 0.872 bits per heavy atom. The summed E-state index contributed by atoms with van der Waals surface area (Å²) in [5.41, 5.74) is -3.77. The molecule has 39 heavy (non-hydrogen) atoms. The highest BCUT2D eigenvalue weighted by Gasteiger charge is 2.37. The summed E-state index contributed by atoms with van der Waals surface area (Å²) in [5, 5.41) is 1.61. The summed E-state index contributed by atoms with van der Waals surface area (Å²) in [4.78, 5) is 52.0. The fraction of sp³-hybridized carbons (Fsp3) is 0.600. The molecule has 0 unspecified atom stereocenters. The molecule has 1 saturated carbocycles. The second kappa shape index (κ2) is 9.79. The van der Waals surface area contributed by atoms with Gasteiger partial charge in [0.05, 0.1) is 11.6 Å². The fourth-order valence-electron chi connectivity index (χ4n) is 4.45. The third kappa shape index (κ3) is 5.83. The third-order valence-corrected chi connectivity index (χ3v) is 6.07. The molecule has 2 N–H and O–H groups in total. The van der Waals surface area contributed by atoms with E-state index in [0.717, 1.165) is 4.57 Å². The number of alkyl carbamates (subject to hydrolysis) is 1. The Hall–Kier alpha value is -3.71. The zero-order valence-electron chi connectivity index (χ0n) is 22.6. The lowest BCUT2D eigenvalue weighted by atomic mass is 10.1. The fourth-order valence-corrected chi connectivity index (χ4v) is 4.45. The molecule has 0 radical (unpaired) electrons. The number of fused-ring (bicyclic) bond motifs is 1. The molecule has 1 aromatic heterocycles. The maximum atomic E-state index is 16.0. The Kier molecular flexibility index (Phi) is 7.11. The minimum atomic E-state index is -1.66. The van der Waals surface area contributed by atoms with Crippen LogP contribution >= 0.6 is 0 Å². The normalized spacial score (nSPS) is 17.9. The number of anilines is 1. The number of aromatic nitrogens is 2. The molecule has 14 heteroatoms. The molecular formula is C25H32F3N5O6. The molecule has 1 aliphatic heterocycles. The average Bonchev–Trinajstić information content (AvgIpc) is 3.51. The average molecular weight is 556 g/mol. The first kappa shape index (κ1) is 28.3. The number of benzene rings is 1. The predicted octanol–water partition coefficient (Wildman–Crippen LogP) is 3.50. The lowest BCUT2D eigenvalue weighted by Crippen LogP contribution is -2.48. The first-order valence-electron chi connectivity index (χ1n) is 12.6. The van der Waals surface area contributed by atoms with E-state index in [9.17, 15) is 19.2 Å². The number of carbonyl (C=O) groups is 2. The van der Waals surface area contributed by atoms with Gasteiger partial charge in [0, 0.05) is 19.1 Å². The van der Waals surface area contributed by atoms with Crippen LogP contribution in [0.5, 0.6) is 0 Å². The number of amides is 2. The van der Waals surface area contributed by atoms with Crippen molar-refractivity contribution in [3.8, 4) is 0 Å². The van der Waals surface area contributed by atoms with Crippen molar-refractivity contribution in [2.75, 3.05) is 23.4 Å². The number of nitrogens with zero attached hydrogens (tertiary/aromatic N) is 3. The Labute approximate surface area is 221 Å². The molecule has 1 atom stereocenters. The van der Waals surface area contributed by atoms with Crippen LogP contribution in [0.1, 0.15) is 66.8 Å². The standard InChI is InChI=1S/C25H32F3N5O6/c1-24(2,3)38-21(35)29-12-9-10-31(11-12)19-16(27)15(26)14-18(17(19)28)32(13-7-8-13)23(37)33(20(14)34)30-22(36)39-25(4,5)6/h12-13H,7-11H2,1-6H3,(H,29,35)(H,30,36)/t12-/m0/s1. The topological polar surface area (TPSA) is 124 Å². The van der Waals surface area contributed by atoms with Gasteiger partial charge in [-0.15, -0.1) is 0 Å². The highest BCUT2D eigenvalue weighted by Crippen LogP contribution is 2.39. The first-order chi connectivity index (χ1) is 18.0. The van der Waals surface area contributed by atoms with Crippen molar-refractivity contribution in [3.63, 3.8) is 0 Å². The van der Waals surface area contributed by atoms with Gasteiger partial charge in [0.1, 0.15) is 22.3 Å². The molecule has 4 rings (SSSR count). The monoisotopic (exact) mass is 555 g/mol. The van der Waals surface area contributed by atoms with Crippen molar-refractivity contribution < 1.29 is 32.2 Å². The predicted molar refractivity (Wildman–Crippen MR) is 136 cm³/mol. The van der Waals surface area contributed by atoms with Gasteiger partial charge >= 0.3 is 17.9 Å². The number of carbonyl (C=O) groups excluding carboxylic acids is 2. The van der Waals surface area contributed by atoms with E-state index in [1.165, 1.54) is 4.90 Å². The molecule has 11 nitrogen and oxygen atoms in total. The summed E-state index contributed by atoms with van der Waals surface area (Å²) < 4.78 is 58.2. The van der Waals surface area contributed by atoms with Gasteiger partial charge in [-0.05, 0) is 60.8 Å². The molecule has 0 spiro atoms. The van der Waals surface area contributed by atoms with E-state index in [1.807, 2.05) is 5.43 Å². The Bertz CT molecular complexity index is 1450. The molecule has 1 saturated heterocycles. The number of rotatable bonds is 4. The summed E-state index contributed by atoms with van der Waals surface area (Å²) in [7, 11) is 0. The van der Waals surface area contributed by atoms with Crippen LogP contribution in [0.15, 0.2) is 9.59 Å². The van der Waals surface area contributed by atoms with Gasteiger partial charge in [0.2, 0.25) is 0 Å². The van der Waals surface area contributed by atoms with E-state index >= 15 is 13.2 Å². The maximum absolute atomic E-state index is 16.0. The molecule has 2 fully saturated rings. The smallest absolute Gasteiger partial charge is 0.427 e. The first-order valence-corrected chi connectivity index (χ1v) is 12.6. The van der Waals surface area contributed by atoms with Crippen molar-refractivity contribution in [1.29, 1.82) is 0 Å². The van der Waals surface area contributed by atoms with Gasteiger partial charge in [-0.1, -0.05) is 0 Å². The van der Waals surface area contributed by atoms with Gasteiger partial charge in [-0.25, -0.2) is 33.0 Å². The van der Waals surface area contributed by atoms with Crippen molar-refractivity contribution in [2.24, 2.45) is 0 Å². The second-order valence-electron chi connectivity index (χ2n) is 11.7. The minimum absolute atomic E-state index is 0.0597. The van der Waals surface area contributed by atoms with Gasteiger partial charge in [-0.3, -0.25) is 9.36 Å². The van der Waals surface area contributed by atoms with Crippen LogP contribution in [-0.2, 0) is 9.47 Å². The van der Waals surface area contributed by atoms with Gasteiger partial charge in [0.25, 0.3) is 5.56 Å². The number of halogens is 3. The highest BCUT2D eigenvalue weighted by atomic mass is 19.2. The lowest BCUT2D eigenvalue weighted by Gasteiger charge is -2.24. The van der Waals surface area contributed by atoms with Crippen LogP contribution in [-0.4, -0.2) is 51.8 Å². The Morgan fingerprint density at radius 3 is 2.03 bits per heavy atom. The zero-order valence-corrected chi connectivity index (χ0v) is 22.6. The van der Waals surface area contributed by atoms with Crippen LogP contribution in [0, 0.1) is 17.5 Å². The number of hydrogen-bond donors (Lipinski definition) is 2. The molecule has 214 valence electrons. The van der Waals surface area contributed by atoms with Crippen molar-refractivity contribution in [2.45, 2.75) is 84.1 Å². The molecule has 2 heterocycles. The quantitative estimate of drug-likeness (QED) is 0.554. The van der Waals surface area contributed by atoms with E-state index in [0.29, 0.717) is 12.8 Å². The molecule has 0 bridgehead atoms. The molecule has 2 aromatic rings. The maximum Gasteiger partial charge on any atom is 0.427 e. The largest absolute Gasteiger partial charge is 0.444 e. The Morgan fingerprint density at radius 2 is 1.46 bits per heavy atom. The van der Waals surface area contributed by atoms with Crippen LogP contribution in [0.25, 0.3) is 10.9 Å². The van der Waals surface area contributed by atoms with Crippen LogP contribution in [0.4, 0.5) is 28.4 Å².